The third kappa shape index (κ3) is 7.03. The molecule has 0 aliphatic rings. The average molecular weight is 157 g/mol. The number of carbonyl (C=O) groups excluding carboxylic acids is 1. The first kappa shape index (κ1) is 10.1. The van der Waals surface area contributed by atoms with E-state index in [-0.39, 0.29) is 12.5 Å². The standard InChI is InChI=1S/C8H15NO2/c1-3-4-5-6-9-7-8(10)11-2/h6H,3-5,7H2,1-2H3. The minimum atomic E-state index is -0.280. The maximum absolute atomic E-state index is 10.5. The van der Waals surface area contributed by atoms with E-state index < -0.39 is 0 Å². The van der Waals surface area contributed by atoms with Crippen molar-refractivity contribution in [2.24, 2.45) is 4.99 Å². The molecule has 0 aliphatic heterocycles. The number of esters is 1. The van der Waals surface area contributed by atoms with Gasteiger partial charge in [0.2, 0.25) is 0 Å². The van der Waals surface area contributed by atoms with Gasteiger partial charge in [-0.25, -0.2) is 0 Å². The summed E-state index contributed by atoms with van der Waals surface area (Å²) in [6, 6.07) is 0. The van der Waals surface area contributed by atoms with Gasteiger partial charge >= 0.3 is 5.97 Å². The zero-order valence-electron chi connectivity index (χ0n) is 7.17. The number of nitrogens with zero attached hydrogens (tertiary/aromatic N) is 1. The van der Waals surface area contributed by atoms with Crippen LogP contribution < -0.4 is 0 Å². The molecular weight excluding hydrogens is 142 g/mol. The molecule has 0 radical (unpaired) electrons. The summed E-state index contributed by atoms with van der Waals surface area (Å²) >= 11 is 0. The first-order chi connectivity index (χ1) is 5.31. The van der Waals surface area contributed by atoms with Gasteiger partial charge in [0.05, 0.1) is 7.11 Å². The summed E-state index contributed by atoms with van der Waals surface area (Å²) in [6.45, 7) is 2.27. The van der Waals surface area contributed by atoms with Crippen LogP contribution in [-0.4, -0.2) is 25.8 Å². The third-order valence-electron chi connectivity index (χ3n) is 1.26. The molecule has 0 N–H and O–H groups in total. The number of hydrogen-bond acceptors (Lipinski definition) is 3. The number of unbranched alkanes of at least 4 members (excludes halogenated alkanes) is 2. The molecule has 0 rings (SSSR count). The molecule has 3 heteroatoms. The number of hydrogen-bond donors (Lipinski definition) is 0. The molecular formula is C8H15NO2. The second-order valence-corrected chi connectivity index (χ2v) is 2.24. The molecule has 0 bridgehead atoms. The van der Waals surface area contributed by atoms with E-state index in [0.29, 0.717) is 0 Å². The number of carbonyl (C=O) groups is 1. The van der Waals surface area contributed by atoms with Gasteiger partial charge in [-0.05, 0) is 19.1 Å². The molecule has 0 amide bonds. The minimum Gasteiger partial charge on any atom is -0.468 e. The van der Waals surface area contributed by atoms with E-state index in [1.54, 1.807) is 6.21 Å². The van der Waals surface area contributed by atoms with E-state index in [4.69, 9.17) is 0 Å². The predicted octanol–water partition coefficient (Wildman–Crippen LogP) is 1.42. The Kier molecular flexibility index (Phi) is 6.68. The molecule has 0 fully saturated rings. The van der Waals surface area contributed by atoms with Gasteiger partial charge in [0, 0.05) is 0 Å². The highest BCUT2D eigenvalue weighted by molar-refractivity contribution is 5.73. The van der Waals surface area contributed by atoms with Crippen LogP contribution in [-0.2, 0) is 9.53 Å². The smallest absolute Gasteiger partial charge is 0.327 e. The van der Waals surface area contributed by atoms with E-state index in [9.17, 15) is 4.79 Å². The highest BCUT2D eigenvalue weighted by Crippen LogP contribution is 1.89. The molecule has 0 spiro atoms. The fourth-order valence-electron chi connectivity index (χ4n) is 0.590. The summed E-state index contributed by atoms with van der Waals surface area (Å²) in [7, 11) is 1.36. The molecule has 0 unspecified atom stereocenters. The second kappa shape index (κ2) is 7.25. The molecule has 0 saturated carbocycles. The van der Waals surface area contributed by atoms with Crippen LogP contribution >= 0.6 is 0 Å². The summed E-state index contributed by atoms with van der Waals surface area (Å²) in [6.07, 6.45) is 5.02. The van der Waals surface area contributed by atoms with Gasteiger partial charge in [0.1, 0.15) is 6.54 Å². The van der Waals surface area contributed by atoms with Gasteiger partial charge in [-0.15, -0.1) is 0 Å². The monoisotopic (exact) mass is 157 g/mol. The van der Waals surface area contributed by atoms with Crippen LogP contribution in [0.1, 0.15) is 26.2 Å². The Morgan fingerprint density at radius 3 is 2.91 bits per heavy atom. The lowest BCUT2D eigenvalue weighted by Gasteiger charge is -1.91. The molecule has 64 valence electrons. The lowest BCUT2D eigenvalue weighted by molar-refractivity contribution is -0.138. The summed E-state index contributed by atoms with van der Waals surface area (Å²) in [5, 5.41) is 0. The summed E-state index contributed by atoms with van der Waals surface area (Å²) < 4.78 is 4.40. The van der Waals surface area contributed by atoms with Gasteiger partial charge < -0.3 is 4.74 Å². The third-order valence-corrected chi connectivity index (χ3v) is 1.26. The largest absolute Gasteiger partial charge is 0.468 e. The SMILES string of the molecule is CCCCC=NCC(=O)OC. The number of rotatable bonds is 5. The van der Waals surface area contributed by atoms with Gasteiger partial charge in [-0.2, -0.15) is 0 Å². The molecule has 0 saturated heterocycles. The van der Waals surface area contributed by atoms with Crippen LogP contribution in [0.3, 0.4) is 0 Å². The van der Waals surface area contributed by atoms with Crippen LogP contribution in [0.15, 0.2) is 4.99 Å². The van der Waals surface area contributed by atoms with Crippen molar-refractivity contribution in [3.05, 3.63) is 0 Å². The van der Waals surface area contributed by atoms with Crippen molar-refractivity contribution in [2.45, 2.75) is 26.2 Å². The highest BCUT2D eigenvalue weighted by Gasteiger charge is 1.93. The fraction of sp³-hybridized carbons (Fsp3) is 0.750. The molecule has 3 nitrogen and oxygen atoms in total. The summed E-state index contributed by atoms with van der Waals surface area (Å²) in [5.74, 6) is -0.280. The van der Waals surface area contributed by atoms with E-state index in [1.807, 2.05) is 0 Å². The molecule has 0 heterocycles. The Balaban J connectivity index is 3.22. The first-order valence-corrected chi connectivity index (χ1v) is 3.86. The van der Waals surface area contributed by atoms with Crippen molar-refractivity contribution in [1.82, 2.24) is 0 Å². The van der Waals surface area contributed by atoms with Crippen molar-refractivity contribution < 1.29 is 9.53 Å². The van der Waals surface area contributed by atoms with Gasteiger partial charge in [0.25, 0.3) is 0 Å². The van der Waals surface area contributed by atoms with Crippen LogP contribution in [0.4, 0.5) is 0 Å². The van der Waals surface area contributed by atoms with E-state index >= 15 is 0 Å². The molecule has 0 atom stereocenters. The van der Waals surface area contributed by atoms with Crippen LogP contribution in [0.5, 0.6) is 0 Å². The lowest BCUT2D eigenvalue weighted by atomic mass is 10.3. The predicted molar refractivity (Wildman–Crippen MR) is 44.9 cm³/mol. The van der Waals surface area contributed by atoms with Gasteiger partial charge in [-0.1, -0.05) is 13.3 Å². The van der Waals surface area contributed by atoms with Crippen molar-refractivity contribution in [1.29, 1.82) is 0 Å². The molecule has 11 heavy (non-hydrogen) atoms. The van der Waals surface area contributed by atoms with Crippen molar-refractivity contribution >= 4 is 12.2 Å². The van der Waals surface area contributed by atoms with Gasteiger partial charge in [0.15, 0.2) is 0 Å². The quantitative estimate of drug-likeness (QED) is 0.344. The Labute approximate surface area is 67.5 Å². The van der Waals surface area contributed by atoms with E-state index in [2.05, 4.69) is 16.7 Å². The van der Waals surface area contributed by atoms with Crippen LogP contribution in [0.2, 0.25) is 0 Å². The average Bonchev–Trinajstić information content (AvgIpc) is 2.04. The van der Waals surface area contributed by atoms with Crippen LogP contribution in [0.25, 0.3) is 0 Å². The zero-order valence-corrected chi connectivity index (χ0v) is 7.17. The summed E-state index contributed by atoms with van der Waals surface area (Å²) in [4.78, 5) is 14.4. The molecule has 0 aromatic carbocycles. The number of ether oxygens (including phenoxy) is 1. The van der Waals surface area contributed by atoms with E-state index in [0.717, 1.165) is 19.3 Å². The van der Waals surface area contributed by atoms with Crippen LogP contribution in [0, 0.1) is 0 Å². The minimum absolute atomic E-state index is 0.153. The number of aliphatic imine (C=N–C) groups is 1. The van der Waals surface area contributed by atoms with Gasteiger partial charge in [-0.3, -0.25) is 9.79 Å². The molecule has 0 aromatic rings. The highest BCUT2D eigenvalue weighted by atomic mass is 16.5. The van der Waals surface area contributed by atoms with Crippen molar-refractivity contribution in [3.63, 3.8) is 0 Å². The van der Waals surface area contributed by atoms with E-state index in [1.165, 1.54) is 7.11 Å². The maximum Gasteiger partial charge on any atom is 0.327 e. The maximum atomic E-state index is 10.5. The Morgan fingerprint density at radius 1 is 1.64 bits per heavy atom. The number of methoxy groups -OCH3 is 1. The first-order valence-electron chi connectivity index (χ1n) is 3.86. The Bertz CT molecular complexity index is 132. The normalized spacial score (nSPS) is 10.4. The molecule has 0 aliphatic carbocycles. The van der Waals surface area contributed by atoms with Crippen molar-refractivity contribution in [2.75, 3.05) is 13.7 Å². The zero-order chi connectivity index (χ0) is 8.53. The molecule has 0 aromatic heterocycles. The Hall–Kier alpha value is -0.860. The fourth-order valence-corrected chi connectivity index (χ4v) is 0.590. The lowest BCUT2D eigenvalue weighted by Crippen LogP contribution is -2.03. The summed E-state index contributed by atoms with van der Waals surface area (Å²) in [5.41, 5.74) is 0. The topological polar surface area (TPSA) is 38.7 Å². The second-order valence-electron chi connectivity index (χ2n) is 2.24. The van der Waals surface area contributed by atoms with Crippen molar-refractivity contribution in [3.8, 4) is 0 Å². The Morgan fingerprint density at radius 2 is 2.36 bits per heavy atom.